The molecule has 0 unspecified atom stereocenters. The number of nitrogens with two attached hydrogens (primary N) is 1. The first-order valence-electron chi connectivity index (χ1n) is 11.7. The molecule has 4 rings (SSSR count). The summed E-state index contributed by atoms with van der Waals surface area (Å²) >= 11 is 5.68. The lowest BCUT2D eigenvalue weighted by Gasteiger charge is -2.15. The number of nitrogen functional groups attached to an aromatic ring is 1. The van der Waals surface area contributed by atoms with E-state index in [1.54, 1.807) is 50.6 Å². The van der Waals surface area contributed by atoms with Crippen molar-refractivity contribution in [3.63, 3.8) is 0 Å². The maximum Gasteiger partial charge on any atom is 0.417 e. The highest BCUT2D eigenvalue weighted by Crippen LogP contribution is 2.38. The minimum absolute atomic E-state index is 0.00445. The van der Waals surface area contributed by atoms with Gasteiger partial charge in [-0.3, -0.25) is 0 Å². The summed E-state index contributed by atoms with van der Waals surface area (Å²) in [5.74, 6) is 1.81. The smallest absolute Gasteiger partial charge is 0.417 e. The first-order valence-corrected chi connectivity index (χ1v) is 12.1. The average molecular weight is 564 g/mol. The van der Waals surface area contributed by atoms with Crippen LogP contribution in [0.15, 0.2) is 54.6 Å². The molecular formula is C27H25ClF3N3O5. The Hall–Kier alpha value is -3.80. The molecular weight excluding hydrogens is 539 g/mol. The van der Waals surface area contributed by atoms with Crippen molar-refractivity contribution in [1.29, 1.82) is 0 Å². The first kappa shape index (κ1) is 28.2. The van der Waals surface area contributed by atoms with Gasteiger partial charge in [-0.1, -0.05) is 11.6 Å². The van der Waals surface area contributed by atoms with E-state index in [4.69, 9.17) is 41.0 Å². The molecule has 0 aliphatic heterocycles. The van der Waals surface area contributed by atoms with Gasteiger partial charge in [0.25, 0.3) is 0 Å². The van der Waals surface area contributed by atoms with Crippen molar-refractivity contribution in [1.82, 2.24) is 9.97 Å². The van der Waals surface area contributed by atoms with Gasteiger partial charge < -0.3 is 29.4 Å². The first-order chi connectivity index (χ1) is 18.7. The van der Waals surface area contributed by atoms with E-state index >= 15 is 0 Å². The number of methoxy groups -OCH3 is 2. The van der Waals surface area contributed by atoms with Crippen molar-refractivity contribution in [2.24, 2.45) is 0 Å². The Bertz CT molecular complexity index is 1440. The summed E-state index contributed by atoms with van der Waals surface area (Å²) in [5.41, 5.74) is 6.44. The SMILES string of the molecule is COCCOc1cc2nc(-c3ccc(Oc4ccc(Cl)c(C(F)(F)F)c4)cc3)nc(N)c2cc1OCCOC. The summed E-state index contributed by atoms with van der Waals surface area (Å²) in [7, 11) is 3.15. The van der Waals surface area contributed by atoms with Crippen LogP contribution in [0.1, 0.15) is 5.56 Å². The van der Waals surface area contributed by atoms with Gasteiger partial charge in [0.15, 0.2) is 17.3 Å². The third-order valence-electron chi connectivity index (χ3n) is 5.47. The Morgan fingerprint density at radius 3 is 2.03 bits per heavy atom. The molecule has 4 aromatic rings. The van der Waals surface area contributed by atoms with Gasteiger partial charge >= 0.3 is 6.18 Å². The van der Waals surface area contributed by atoms with Crippen LogP contribution in [0.25, 0.3) is 22.3 Å². The third kappa shape index (κ3) is 6.99. The Morgan fingerprint density at radius 1 is 0.795 bits per heavy atom. The molecule has 0 amide bonds. The zero-order chi connectivity index (χ0) is 28.0. The summed E-state index contributed by atoms with van der Waals surface area (Å²) in [6.45, 7) is 1.38. The molecule has 0 saturated carbocycles. The lowest BCUT2D eigenvalue weighted by Crippen LogP contribution is -2.09. The predicted molar refractivity (Wildman–Crippen MR) is 141 cm³/mol. The van der Waals surface area contributed by atoms with E-state index in [1.807, 2.05) is 0 Å². The van der Waals surface area contributed by atoms with Crippen LogP contribution in [0, 0.1) is 0 Å². The molecule has 2 N–H and O–H groups in total. The van der Waals surface area contributed by atoms with Crippen LogP contribution in [-0.4, -0.2) is 50.6 Å². The molecule has 3 aromatic carbocycles. The average Bonchev–Trinajstić information content (AvgIpc) is 2.90. The van der Waals surface area contributed by atoms with Crippen molar-refractivity contribution < 1.29 is 36.9 Å². The molecule has 206 valence electrons. The standard InChI is InChI=1S/C27H25ClF3N3O5/c1-35-9-11-37-23-14-19-22(15-24(23)38-12-10-36-2)33-26(34-25(19)32)16-3-5-17(6-4-16)39-18-7-8-21(28)20(13-18)27(29,30)31/h3-8,13-15H,9-12H2,1-2H3,(H2,32,33,34). The van der Waals surface area contributed by atoms with E-state index in [0.717, 1.165) is 12.1 Å². The monoisotopic (exact) mass is 563 g/mol. The van der Waals surface area contributed by atoms with E-state index in [9.17, 15) is 13.2 Å². The normalized spacial score (nSPS) is 11.5. The highest BCUT2D eigenvalue weighted by molar-refractivity contribution is 6.31. The predicted octanol–water partition coefficient (Wildman–Crippen LogP) is 6.39. The van der Waals surface area contributed by atoms with Crippen LogP contribution in [0.4, 0.5) is 19.0 Å². The fourth-order valence-corrected chi connectivity index (χ4v) is 3.80. The molecule has 0 aliphatic rings. The number of anilines is 1. The zero-order valence-electron chi connectivity index (χ0n) is 21.0. The fraction of sp³-hybridized carbons (Fsp3) is 0.259. The molecule has 39 heavy (non-hydrogen) atoms. The highest BCUT2D eigenvalue weighted by atomic mass is 35.5. The van der Waals surface area contributed by atoms with Gasteiger partial charge in [-0.2, -0.15) is 13.2 Å². The summed E-state index contributed by atoms with van der Waals surface area (Å²) in [5, 5.41) is 0.172. The summed E-state index contributed by atoms with van der Waals surface area (Å²) in [6.07, 6.45) is -4.60. The maximum atomic E-state index is 13.2. The molecule has 1 aromatic heterocycles. The largest absolute Gasteiger partial charge is 0.487 e. The number of hydrogen-bond acceptors (Lipinski definition) is 8. The van der Waals surface area contributed by atoms with E-state index < -0.39 is 16.8 Å². The number of aromatic nitrogens is 2. The maximum absolute atomic E-state index is 13.2. The molecule has 0 saturated heterocycles. The number of ether oxygens (including phenoxy) is 5. The number of alkyl halides is 3. The van der Waals surface area contributed by atoms with Crippen LogP contribution in [-0.2, 0) is 15.7 Å². The van der Waals surface area contributed by atoms with E-state index in [1.165, 1.54) is 6.07 Å². The quantitative estimate of drug-likeness (QED) is 0.210. The lowest BCUT2D eigenvalue weighted by atomic mass is 10.1. The van der Waals surface area contributed by atoms with Crippen molar-refractivity contribution in [3.05, 3.63) is 65.2 Å². The number of hydrogen-bond donors (Lipinski definition) is 1. The number of benzene rings is 3. The summed E-state index contributed by atoms with van der Waals surface area (Å²) in [6, 6.07) is 13.3. The van der Waals surface area contributed by atoms with Gasteiger partial charge in [0.2, 0.25) is 0 Å². The number of halogens is 4. The Labute approximate surface area is 227 Å². The Balaban J connectivity index is 1.60. The van der Waals surface area contributed by atoms with Crippen molar-refractivity contribution in [2.75, 3.05) is 46.4 Å². The Kier molecular flexibility index (Phi) is 8.95. The topological polar surface area (TPSA) is 98.0 Å². The minimum atomic E-state index is -4.60. The number of fused-ring (bicyclic) bond motifs is 1. The van der Waals surface area contributed by atoms with Gasteiger partial charge in [-0.05, 0) is 48.5 Å². The molecule has 12 heteroatoms. The third-order valence-corrected chi connectivity index (χ3v) is 5.80. The summed E-state index contributed by atoms with van der Waals surface area (Å²) in [4.78, 5) is 9.05. The molecule has 0 fully saturated rings. The van der Waals surface area contributed by atoms with Crippen LogP contribution in [0.2, 0.25) is 5.02 Å². The molecule has 0 radical (unpaired) electrons. The second-order valence-corrected chi connectivity index (χ2v) is 8.60. The second-order valence-electron chi connectivity index (χ2n) is 8.20. The Morgan fingerprint density at radius 2 is 1.41 bits per heavy atom. The molecule has 0 bridgehead atoms. The highest BCUT2D eigenvalue weighted by Gasteiger charge is 2.33. The van der Waals surface area contributed by atoms with Crippen molar-refractivity contribution >= 4 is 28.3 Å². The van der Waals surface area contributed by atoms with Crippen LogP contribution >= 0.6 is 11.6 Å². The molecule has 0 atom stereocenters. The van der Waals surface area contributed by atoms with Gasteiger partial charge in [0, 0.05) is 31.2 Å². The second kappa shape index (κ2) is 12.4. The van der Waals surface area contributed by atoms with Gasteiger partial charge in [0.05, 0.1) is 29.3 Å². The lowest BCUT2D eigenvalue weighted by molar-refractivity contribution is -0.137. The van der Waals surface area contributed by atoms with Gasteiger partial charge in [0.1, 0.15) is 30.5 Å². The van der Waals surface area contributed by atoms with E-state index in [0.29, 0.717) is 66.0 Å². The van der Waals surface area contributed by atoms with Crippen LogP contribution in [0.3, 0.4) is 0 Å². The van der Waals surface area contributed by atoms with Crippen molar-refractivity contribution in [3.8, 4) is 34.4 Å². The van der Waals surface area contributed by atoms with Gasteiger partial charge in [-0.15, -0.1) is 0 Å². The van der Waals surface area contributed by atoms with Crippen LogP contribution < -0.4 is 19.9 Å². The fourth-order valence-electron chi connectivity index (χ4n) is 3.58. The number of nitrogens with zero attached hydrogens (tertiary/aromatic N) is 2. The van der Waals surface area contributed by atoms with E-state index in [2.05, 4.69) is 9.97 Å². The van der Waals surface area contributed by atoms with Crippen molar-refractivity contribution in [2.45, 2.75) is 6.18 Å². The number of rotatable bonds is 11. The summed E-state index contributed by atoms with van der Waals surface area (Å²) < 4.78 is 66.8. The minimum Gasteiger partial charge on any atom is -0.487 e. The molecule has 1 heterocycles. The molecule has 0 spiro atoms. The molecule has 0 aliphatic carbocycles. The molecule has 8 nitrogen and oxygen atoms in total. The van der Waals surface area contributed by atoms with Gasteiger partial charge in [-0.25, -0.2) is 9.97 Å². The van der Waals surface area contributed by atoms with E-state index in [-0.39, 0.29) is 11.6 Å². The zero-order valence-corrected chi connectivity index (χ0v) is 21.8. The van der Waals surface area contributed by atoms with Crippen LogP contribution in [0.5, 0.6) is 23.0 Å².